The van der Waals surface area contributed by atoms with Crippen LogP contribution in [0.4, 0.5) is 9.52 Å². The fourth-order valence-electron chi connectivity index (χ4n) is 1.44. The van der Waals surface area contributed by atoms with Gasteiger partial charge in [-0.2, -0.15) is 0 Å². The Hall–Kier alpha value is -1.62. The summed E-state index contributed by atoms with van der Waals surface area (Å²) in [4.78, 5) is 4.08. The van der Waals surface area contributed by atoms with Crippen molar-refractivity contribution in [1.29, 1.82) is 0 Å². The molecule has 0 radical (unpaired) electrons. The number of anilines is 1. The molecule has 0 saturated carbocycles. The molecule has 0 aliphatic carbocycles. The first kappa shape index (κ1) is 10.9. The van der Waals surface area contributed by atoms with Gasteiger partial charge in [0, 0.05) is 23.2 Å². The van der Waals surface area contributed by atoms with E-state index in [2.05, 4.69) is 10.3 Å². The van der Waals surface area contributed by atoms with Crippen LogP contribution in [0.2, 0.25) is 0 Å². The van der Waals surface area contributed by atoms with Gasteiger partial charge in [0.25, 0.3) is 0 Å². The fourth-order valence-corrected chi connectivity index (χ4v) is 2.06. The predicted molar refractivity (Wildman–Crippen MR) is 62.2 cm³/mol. The Morgan fingerprint density at radius 3 is 2.94 bits per heavy atom. The lowest BCUT2D eigenvalue weighted by atomic mass is 10.1. The molecular formula is C11H11FN2OS. The van der Waals surface area contributed by atoms with Crippen LogP contribution in [0.3, 0.4) is 0 Å². The van der Waals surface area contributed by atoms with Crippen LogP contribution in [0.5, 0.6) is 5.75 Å². The van der Waals surface area contributed by atoms with Gasteiger partial charge in [-0.25, -0.2) is 9.37 Å². The van der Waals surface area contributed by atoms with E-state index in [1.807, 2.05) is 12.3 Å². The molecule has 84 valence electrons. The third-order valence-corrected chi connectivity index (χ3v) is 2.94. The molecule has 0 fully saturated rings. The number of nitrogens with one attached hydrogen (secondary N) is 1. The summed E-state index contributed by atoms with van der Waals surface area (Å²) in [5, 5.41) is 15.4. The molecular weight excluding hydrogens is 227 g/mol. The summed E-state index contributed by atoms with van der Waals surface area (Å²) in [7, 11) is 0. The van der Waals surface area contributed by atoms with Crippen molar-refractivity contribution in [3.63, 3.8) is 0 Å². The smallest absolute Gasteiger partial charge is 0.183 e. The molecule has 1 aromatic heterocycles. The maximum absolute atomic E-state index is 12.8. The van der Waals surface area contributed by atoms with E-state index >= 15 is 0 Å². The topological polar surface area (TPSA) is 45.2 Å². The third-order valence-electron chi connectivity index (χ3n) is 2.23. The van der Waals surface area contributed by atoms with Crippen LogP contribution in [0, 0.1) is 5.82 Å². The van der Waals surface area contributed by atoms with Gasteiger partial charge in [-0.3, -0.25) is 0 Å². The lowest BCUT2D eigenvalue weighted by molar-refractivity contribution is 0.459. The first-order valence-electron chi connectivity index (χ1n) is 4.81. The maximum Gasteiger partial charge on any atom is 0.183 e. The van der Waals surface area contributed by atoms with E-state index in [9.17, 15) is 9.50 Å². The Morgan fingerprint density at radius 2 is 2.31 bits per heavy atom. The first-order valence-corrected chi connectivity index (χ1v) is 5.69. The third kappa shape index (κ3) is 2.30. The molecule has 2 rings (SSSR count). The highest BCUT2D eigenvalue weighted by Crippen LogP contribution is 2.27. The summed E-state index contributed by atoms with van der Waals surface area (Å²) in [6, 6.07) is 3.88. The SMILES string of the molecule is CC(Nc1nccs1)c1ccc(F)cc1O. The molecule has 0 aliphatic rings. The highest BCUT2D eigenvalue weighted by atomic mass is 32.1. The van der Waals surface area contributed by atoms with Crippen LogP contribution >= 0.6 is 11.3 Å². The van der Waals surface area contributed by atoms with E-state index in [1.165, 1.54) is 17.4 Å². The number of aromatic hydroxyl groups is 1. The number of hydrogen-bond acceptors (Lipinski definition) is 4. The van der Waals surface area contributed by atoms with Crippen molar-refractivity contribution >= 4 is 16.5 Å². The highest BCUT2D eigenvalue weighted by molar-refractivity contribution is 7.13. The normalized spacial score (nSPS) is 12.4. The average Bonchev–Trinajstić information content (AvgIpc) is 2.70. The zero-order chi connectivity index (χ0) is 11.5. The van der Waals surface area contributed by atoms with Gasteiger partial charge < -0.3 is 10.4 Å². The van der Waals surface area contributed by atoms with Crippen LogP contribution in [-0.2, 0) is 0 Å². The number of rotatable bonds is 3. The predicted octanol–water partition coefficient (Wildman–Crippen LogP) is 3.16. The van der Waals surface area contributed by atoms with Crippen molar-refractivity contribution in [2.45, 2.75) is 13.0 Å². The maximum atomic E-state index is 12.8. The quantitative estimate of drug-likeness (QED) is 0.863. The van der Waals surface area contributed by atoms with Crippen LogP contribution in [0.1, 0.15) is 18.5 Å². The number of halogens is 1. The van der Waals surface area contributed by atoms with Gasteiger partial charge in [-0.15, -0.1) is 11.3 Å². The molecule has 5 heteroatoms. The average molecular weight is 238 g/mol. The molecule has 0 bridgehead atoms. The van der Waals surface area contributed by atoms with Crippen molar-refractivity contribution in [3.05, 3.63) is 41.2 Å². The van der Waals surface area contributed by atoms with Crippen LogP contribution < -0.4 is 5.32 Å². The minimum absolute atomic E-state index is 0.0449. The summed E-state index contributed by atoms with van der Waals surface area (Å²) in [6.07, 6.45) is 1.70. The second-order valence-electron chi connectivity index (χ2n) is 3.41. The van der Waals surface area contributed by atoms with Crippen LogP contribution in [-0.4, -0.2) is 10.1 Å². The molecule has 1 unspecified atom stereocenters. The minimum atomic E-state index is -0.442. The molecule has 0 amide bonds. The number of phenolic OH excluding ortho intramolecular Hbond substituents is 1. The Labute approximate surface area is 96.6 Å². The molecule has 1 aromatic carbocycles. The Morgan fingerprint density at radius 1 is 1.50 bits per heavy atom. The molecule has 0 saturated heterocycles. The number of aromatic nitrogens is 1. The van der Waals surface area contributed by atoms with Gasteiger partial charge in [-0.05, 0) is 13.0 Å². The zero-order valence-electron chi connectivity index (χ0n) is 8.64. The molecule has 2 N–H and O–H groups in total. The van der Waals surface area contributed by atoms with Gasteiger partial charge in [0.2, 0.25) is 0 Å². The number of phenols is 1. The number of thiazole rings is 1. The summed E-state index contributed by atoms with van der Waals surface area (Å²) in [6.45, 7) is 1.88. The van der Waals surface area contributed by atoms with E-state index in [0.717, 1.165) is 11.2 Å². The largest absolute Gasteiger partial charge is 0.507 e. The number of hydrogen-bond donors (Lipinski definition) is 2. The molecule has 1 atom stereocenters. The van der Waals surface area contributed by atoms with E-state index in [0.29, 0.717) is 5.56 Å². The second-order valence-corrected chi connectivity index (χ2v) is 4.30. The zero-order valence-corrected chi connectivity index (χ0v) is 9.46. The number of nitrogens with zero attached hydrogens (tertiary/aromatic N) is 1. The molecule has 0 aliphatic heterocycles. The Bertz CT molecular complexity index is 473. The van der Waals surface area contributed by atoms with Crippen molar-refractivity contribution < 1.29 is 9.50 Å². The van der Waals surface area contributed by atoms with Crippen molar-refractivity contribution in [2.75, 3.05) is 5.32 Å². The molecule has 16 heavy (non-hydrogen) atoms. The van der Waals surface area contributed by atoms with Gasteiger partial charge in [0.05, 0.1) is 6.04 Å². The summed E-state index contributed by atoms with van der Waals surface area (Å²) in [5.41, 5.74) is 0.650. The fraction of sp³-hybridized carbons (Fsp3) is 0.182. The lowest BCUT2D eigenvalue weighted by Gasteiger charge is -2.14. The second kappa shape index (κ2) is 4.49. The summed E-state index contributed by atoms with van der Waals surface area (Å²) >= 11 is 1.48. The van der Waals surface area contributed by atoms with E-state index in [4.69, 9.17) is 0 Å². The van der Waals surface area contributed by atoms with Crippen molar-refractivity contribution in [2.24, 2.45) is 0 Å². The van der Waals surface area contributed by atoms with Gasteiger partial charge in [0.15, 0.2) is 5.13 Å². The number of benzene rings is 1. The monoisotopic (exact) mass is 238 g/mol. The van der Waals surface area contributed by atoms with Crippen molar-refractivity contribution in [1.82, 2.24) is 4.98 Å². The molecule has 0 spiro atoms. The van der Waals surface area contributed by atoms with Crippen molar-refractivity contribution in [3.8, 4) is 5.75 Å². The Kier molecular flexibility index (Phi) is 3.05. The summed E-state index contributed by atoms with van der Waals surface area (Å²) in [5.74, 6) is -0.487. The molecule has 1 heterocycles. The summed E-state index contributed by atoms with van der Waals surface area (Å²) < 4.78 is 12.8. The highest BCUT2D eigenvalue weighted by Gasteiger charge is 2.11. The lowest BCUT2D eigenvalue weighted by Crippen LogP contribution is -2.06. The van der Waals surface area contributed by atoms with Gasteiger partial charge in [-0.1, -0.05) is 6.07 Å². The van der Waals surface area contributed by atoms with Crippen LogP contribution in [0.25, 0.3) is 0 Å². The van der Waals surface area contributed by atoms with Crippen LogP contribution in [0.15, 0.2) is 29.8 Å². The van der Waals surface area contributed by atoms with E-state index in [1.54, 1.807) is 12.3 Å². The Balaban J connectivity index is 2.17. The first-order chi connectivity index (χ1) is 7.66. The van der Waals surface area contributed by atoms with E-state index < -0.39 is 5.82 Å². The van der Waals surface area contributed by atoms with Gasteiger partial charge >= 0.3 is 0 Å². The standard InChI is InChI=1S/C11H11FN2OS/c1-7(14-11-13-4-5-16-11)9-3-2-8(12)6-10(9)15/h2-7,15H,1H3,(H,13,14). The molecule has 2 aromatic rings. The molecule has 3 nitrogen and oxygen atoms in total. The minimum Gasteiger partial charge on any atom is -0.507 e. The van der Waals surface area contributed by atoms with E-state index in [-0.39, 0.29) is 11.8 Å². The van der Waals surface area contributed by atoms with Gasteiger partial charge in [0.1, 0.15) is 11.6 Å².